The van der Waals surface area contributed by atoms with Crippen LogP contribution < -0.4 is 0 Å². The summed E-state index contributed by atoms with van der Waals surface area (Å²) in [4.78, 5) is 32.0. The van der Waals surface area contributed by atoms with Crippen molar-refractivity contribution in [2.75, 3.05) is 0 Å². The van der Waals surface area contributed by atoms with Crippen LogP contribution in [0.1, 0.15) is 12.8 Å². The Bertz CT molecular complexity index is 198. The number of allylic oxidation sites excluding steroid dienone is 8. The van der Waals surface area contributed by atoms with Crippen LogP contribution in [0.2, 0.25) is 0 Å². The van der Waals surface area contributed by atoms with E-state index in [1.165, 1.54) is 0 Å². The summed E-state index contributed by atoms with van der Waals surface area (Å²) in [5.41, 5.74) is 0. The van der Waals surface area contributed by atoms with Gasteiger partial charge in [0.05, 0.1) is 0 Å². The maximum atomic E-state index is 8.00. The molecule has 0 saturated heterocycles. The number of hydrogen-bond acceptors (Lipinski definition) is 4. The molecular formula is C14H18O4Ru. The summed E-state index contributed by atoms with van der Waals surface area (Å²) in [7, 11) is 0. The van der Waals surface area contributed by atoms with E-state index >= 15 is 0 Å². The molecule has 0 saturated carbocycles. The SMILES string of the molecule is C=O.C=O.C=O.C=O.[C-]1=CC=CC1.[C-]1=CC=CC1.[Ru+2]. The molecule has 0 N–H and O–H groups in total. The van der Waals surface area contributed by atoms with Crippen molar-refractivity contribution in [1.82, 2.24) is 0 Å². The summed E-state index contributed by atoms with van der Waals surface area (Å²) in [6.45, 7) is 8.00. The van der Waals surface area contributed by atoms with Gasteiger partial charge < -0.3 is 19.2 Å². The van der Waals surface area contributed by atoms with E-state index in [9.17, 15) is 0 Å². The Hall–Kier alpha value is -1.74. The fourth-order valence-electron chi connectivity index (χ4n) is 0.680. The first-order chi connectivity index (χ1) is 9.00. The Balaban J connectivity index is -0.0000000443. The Kier molecular flexibility index (Phi) is 88.7. The third kappa shape index (κ3) is 48.5. The van der Waals surface area contributed by atoms with Crippen LogP contribution in [-0.4, -0.2) is 27.2 Å². The fraction of sp³-hybridized carbons (Fsp3) is 0.143. The molecular weight excluding hydrogens is 333 g/mol. The van der Waals surface area contributed by atoms with Crippen molar-refractivity contribution >= 4 is 27.2 Å². The van der Waals surface area contributed by atoms with Crippen molar-refractivity contribution in [3.8, 4) is 0 Å². The summed E-state index contributed by atoms with van der Waals surface area (Å²) in [6, 6.07) is 0. The molecule has 5 heteroatoms. The maximum Gasteiger partial charge on any atom is 2.00 e. The predicted octanol–water partition coefficient (Wildman–Crippen LogP) is 1.87. The van der Waals surface area contributed by atoms with Crippen LogP contribution in [0.4, 0.5) is 0 Å². The number of carbonyl (C=O) groups excluding carboxylic acids is 4. The average Bonchev–Trinajstić information content (AvgIpc) is 3.25. The van der Waals surface area contributed by atoms with Crippen LogP contribution in [0.25, 0.3) is 0 Å². The minimum absolute atomic E-state index is 0. The summed E-state index contributed by atoms with van der Waals surface area (Å²) >= 11 is 0. The number of hydrogen-bond donors (Lipinski definition) is 0. The van der Waals surface area contributed by atoms with E-state index in [1.54, 1.807) is 0 Å². The Morgan fingerprint density at radius 2 is 0.895 bits per heavy atom. The second-order valence-electron chi connectivity index (χ2n) is 2.01. The van der Waals surface area contributed by atoms with E-state index in [4.69, 9.17) is 19.2 Å². The molecule has 0 fully saturated rings. The van der Waals surface area contributed by atoms with E-state index in [0.717, 1.165) is 12.8 Å². The van der Waals surface area contributed by atoms with Gasteiger partial charge >= 0.3 is 19.5 Å². The molecule has 2 aliphatic rings. The van der Waals surface area contributed by atoms with Crippen molar-refractivity contribution < 1.29 is 38.7 Å². The molecule has 0 aromatic heterocycles. The molecule has 0 radical (unpaired) electrons. The van der Waals surface area contributed by atoms with Gasteiger partial charge in [0.1, 0.15) is 27.2 Å². The first-order valence-electron chi connectivity index (χ1n) is 4.59. The van der Waals surface area contributed by atoms with Gasteiger partial charge in [-0.3, -0.25) is 12.2 Å². The third-order valence-corrected chi connectivity index (χ3v) is 1.17. The van der Waals surface area contributed by atoms with Crippen LogP contribution in [0.3, 0.4) is 0 Å². The third-order valence-electron chi connectivity index (χ3n) is 1.17. The van der Waals surface area contributed by atoms with Crippen LogP contribution in [-0.2, 0) is 38.7 Å². The molecule has 0 heterocycles. The summed E-state index contributed by atoms with van der Waals surface area (Å²) in [6.07, 6.45) is 20.0. The maximum absolute atomic E-state index is 8.00. The molecule has 0 unspecified atom stereocenters. The quantitative estimate of drug-likeness (QED) is 0.494. The van der Waals surface area contributed by atoms with Crippen LogP contribution in [0, 0.1) is 12.2 Å². The first kappa shape index (κ1) is 30.4. The monoisotopic (exact) mass is 352 g/mol. The summed E-state index contributed by atoms with van der Waals surface area (Å²) in [5.74, 6) is 0. The largest absolute Gasteiger partial charge is 2.00 e. The second-order valence-corrected chi connectivity index (χ2v) is 2.01. The molecule has 2 rings (SSSR count). The molecule has 0 atom stereocenters. The summed E-state index contributed by atoms with van der Waals surface area (Å²) < 4.78 is 0. The van der Waals surface area contributed by atoms with Gasteiger partial charge in [0.25, 0.3) is 0 Å². The van der Waals surface area contributed by atoms with Gasteiger partial charge in [0.2, 0.25) is 0 Å². The zero-order valence-corrected chi connectivity index (χ0v) is 12.4. The smallest absolute Gasteiger partial charge is 0.307 e. The molecule has 19 heavy (non-hydrogen) atoms. The first-order valence-corrected chi connectivity index (χ1v) is 4.59. The molecule has 4 nitrogen and oxygen atoms in total. The van der Waals surface area contributed by atoms with Crippen LogP contribution in [0.5, 0.6) is 0 Å². The molecule has 2 aliphatic carbocycles. The number of rotatable bonds is 0. The molecule has 0 spiro atoms. The fourth-order valence-corrected chi connectivity index (χ4v) is 0.680. The van der Waals surface area contributed by atoms with Gasteiger partial charge in [-0.2, -0.15) is 12.2 Å². The molecule has 0 amide bonds. The molecule has 0 aliphatic heterocycles. The minimum Gasteiger partial charge on any atom is -0.307 e. The molecule has 106 valence electrons. The normalized spacial score (nSPS) is 10.1. The van der Waals surface area contributed by atoms with Crippen molar-refractivity contribution in [3.05, 3.63) is 48.6 Å². The Morgan fingerprint density at radius 1 is 0.632 bits per heavy atom. The van der Waals surface area contributed by atoms with Crippen LogP contribution in [0.15, 0.2) is 36.5 Å². The van der Waals surface area contributed by atoms with Gasteiger partial charge in [0, 0.05) is 0 Å². The zero-order valence-electron chi connectivity index (χ0n) is 10.7. The zero-order chi connectivity index (χ0) is 15.1. The number of carbonyl (C=O) groups is 4. The standard InChI is InChI=1S/2C5H5.4CH2O.Ru/c2*1-2-4-5-3-1;4*1-2;/h2*1-3H,4H2;4*1H2;/q2*-1;;;;;+2. The Labute approximate surface area is 127 Å². The van der Waals surface area contributed by atoms with E-state index < -0.39 is 0 Å². The molecule has 0 aromatic rings. The van der Waals surface area contributed by atoms with Gasteiger partial charge in [-0.1, -0.05) is 0 Å². The minimum atomic E-state index is 0. The molecule has 0 bridgehead atoms. The van der Waals surface area contributed by atoms with Crippen molar-refractivity contribution in [1.29, 1.82) is 0 Å². The van der Waals surface area contributed by atoms with Gasteiger partial charge in [-0.05, 0) is 0 Å². The second kappa shape index (κ2) is 55.5. The average molecular weight is 351 g/mol. The van der Waals surface area contributed by atoms with Gasteiger partial charge in [-0.15, -0.1) is 12.8 Å². The van der Waals surface area contributed by atoms with Crippen molar-refractivity contribution in [2.45, 2.75) is 12.8 Å². The predicted molar refractivity (Wildman–Crippen MR) is 71.6 cm³/mol. The van der Waals surface area contributed by atoms with Crippen molar-refractivity contribution in [3.63, 3.8) is 0 Å². The van der Waals surface area contributed by atoms with Crippen molar-refractivity contribution in [2.24, 2.45) is 0 Å². The van der Waals surface area contributed by atoms with Crippen LogP contribution >= 0.6 is 0 Å². The van der Waals surface area contributed by atoms with E-state index in [-0.39, 0.29) is 19.5 Å². The van der Waals surface area contributed by atoms with E-state index in [0.29, 0.717) is 0 Å². The topological polar surface area (TPSA) is 68.3 Å². The molecule has 0 aromatic carbocycles. The van der Waals surface area contributed by atoms with E-state index in [2.05, 4.69) is 24.3 Å². The summed E-state index contributed by atoms with van der Waals surface area (Å²) in [5, 5.41) is 0. The Morgan fingerprint density at radius 3 is 0.947 bits per heavy atom. The van der Waals surface area contributed by atoms with Gasteiger partial charge in [0.15, 0.2) is 0 Å². The van der Waals surface area contributed by atoms with Gasteiger partial charge in [-0.25, -0.2) is 24.3 Å². The van der Waals surface area contributed by atoms with E-state index in [1.807, 2.05) is 51.5 Å².